The molecule has 0 unspecified atom stereocenters. The number of aldehydes is 1. The molecule has 0 fully saturated rings. The summed E-state index contributed by atoms with van der Waals surface area (Å²) in [6, 6.07) is 22.4. The topological polar surface area (TPSA) is 388 Å². The zero-order valence-corrected chi connectivity index (χ0v) is 58.1. The molecule has 30 heteroatoms. The fraction of sp³-hybridized carbons (Fsp3) is 0.361. The number of carboxylic acid groups (broad SMARTS) is 1. The summed E-state index contributed by atoms with van der Waals surface area (Å²) < 4.78 is 18.2. The van der Waals surface area contributed by atoms with Crippen LogP contribution >= 0.6 is 22.6 Å². The maximum Gasteiger partial charge on any atom is 0.339 e. The molecule has 0 saturated heterocycles. The van der Waals surface area contributed by atoms with E-state index in [0.29, 0.717) is 42.0 Å². The largest absolute Gasteiger partial charge is 0.480 e. The summed E-state index contributed by atoms with van der Waals surface area (Å²) in [5.74, 6) is -1.38. The minimum atomic E-state index is -1.08. The van der Waals surface area contributed by atoms with Gasteiger partial charge < -0.3 is 29.8 Å². The van der Waals surface area contributed by atoms with Crippen molar-refractivity contribution < 1.29 is 40.4 Å². The third kappa shape index (κ3) is 31.6. The summed E-state index contributed by atoms with van der Waals surface area (Å²) in [4.78, 5) is 134. The summed E-state index contributed by atoms with van der Waals surface area (Å²) in [5.41, 5.74) is 15.0. The van der Waals surface area contributed by atoms with E-state index in [0.717, 1.165) is 85.3 Å². The van der Waals surface area contributed by atoms with Gasteiger partial charge in [-0.15, -0.1) is 0 Å². The molecule has 10 heterocycles. The number of ketones is 1. The number of alkyl halides is 1. The van der Waals surface area contributed by atoms with Crippen molar-refractivity contribution in [2.24, 2.45) is 33.9 Å². The number of aliphatic carboxylic acids is 1. The normalized spacial score (nSPS) is 9.80. The zero-order valence-electron chi connectivity index (χ0n) is 56.9. The number of aliphatic hydroxyl groups excluding tert-OH is 1. The van der Waals surface area contributed by atoms with Crippen LogP contribution in [-0.4, -0.2) is 124 Å². The number of ether oxygens (including phenoxy) is 1. The number of Topliss-reactive ketones (excluding diaryl/α,β-unsaturated/α-hetero) is 1. The Bertz CT molecular complexity index is 4460. The number of carboxylic acids is 1. The number of aliphatic hydroxyl groups is 1. The lowest BCUT2D eigenvalue weighted by atomic mass is 10.1. The molecule has 10 aromatic heterocycles. The predicted molar refractivity (Wildman–Crippen MR) is 410 cm³/mol. The second-order valence-corrected chi connectivity index (χ2v) is 21.0. The van der Waals surface area contributed by atoms with Crippen LogP contribution in [-0.2, 0) is 75.1 Å². The smallest absolute Gasteiger partial charge is 0.339 e. The minimum absolute atomic E-state index is 0. The van der Waals surface area contributed by atoms with E-state index in [-0.39, 0.29) is 90.9 Å². The van der Waals surface area contributed by atoms with Gasteiger partial charge in [0.25, 0.3) is 11.1 Å². The Labute approximate surface area is 610 Å². The number of imidazole rings is 2. The van der Waals surface area contributed by atoms with Crippen molar-refractivity contribution in [2.75, 3.05) is 18.1 Å². The summed E-state index contributed by atoms with van der Waals surface area (Å²) in [5, 5.41) is 27.2. The molecular weight excluding hydrogens is 1420 g/mol. The number of nitro groups is 1. The van der Waals surface area contributed by atoms with E-state index in [4.69, 9.17) is 22.1 Å². The Morgan fingerprint density at radius 1 is 0.588 bits per heavy atom. The lowest BCUT2D eigenvalue weighted by Crippen LogP contribution is -2.37. The Morgan fingerprint density at radius 3 is 1.33 bits per heavy atom. The van der Waals surface area contributed by atoms with Crippen LogP contribution in [0, 0.1) is 51.7 Å². The molecule has 0 aliphatic rings. The standard InChI is InChI=1S/C18H21N5O3.C9H10N4O4.C9H11NO2.C8H8N2O2.C8H12N2.C7H9NO.C7H7NO.CH3I.5CH4/c1-12-7-8-13(9-19-12)5-4-6-14(24)10-23-11-20-16-15(23)17(25)22(3)18(26)21(16)2;1-11-7-6(8(16)12(2)9(11)17)13(4-10-7)3-5(14)15;1-3-12-9(11)8-5-4-7(2)10-6-8;1-7-2-3-8(6-9-7)4-5-10(11)12;1-7-2-3-8(4-5-9)6-10-7;2*1-6-2-3-7(5-9)4-8-6;1-2;;;;;/h7-9,11H,4-6,10H2,1-3H3;4H,3H2,1-2H3,(H,14,15);4-6H,3H2,1-2H3;2-6H,1H3;2-3,6H,4-5,9H2,1H3;2-4,9H,5H2,1H3;2-5H,1H3;1H3;5*1H4/b;;;5-4+;;;;;;;;;/i;;;;;;;1D;;;;;. The molecule has 4 N–H and O–H groups in total. The molecule has 29 nitrogen and oxygen atoms in total. The van der Waals surface area contributed by atoms with Gasteiger partial charge in [-0.3, -0.25) is 82.3 Å². The van der Waals surface area contributed by atoms with Crippen LogP contribution in [0.4, 0.5) is 0 Å². The first-order chi connectivity index (χ1) is 46.6. The lowest BCUT2D eigenvalue weighted by molar-refractivity contribution is -0.400. The van der Waals surface area contributed by atoms with Crippen LogP contribution in [0.2, 0.25) is 0 Å². The first kappa shape index (κ1) is 93.3. The van der Waals surface area contributed by atoms with Gasteiger partial charge in [-0.05, 0) is 150 Å². The first-order valence-corrected chi connectivity index (χ1v) is 31.2. The zero-order chi connectivity index (χ0) is 73.0. The maximum absolute atomic E-state index is 12.4. The fourth-order valence-electron chi connectivity index (χ4n) is 8.07. The summed E-state index contributed by atoms with van der Waals surface area (Å²) in [6.07, 6.45) is 18.6. The number of esters is 1. The van der Waals surface area contributed by atoms with Crippen LogP contribution in [0.1, 0.15) is 135 Å². The molecule has 0 amide bonds. The highest BCUT2D eigenvalue weighted by Crippen LogP contribution is 2.11. The molecule has 0 radical (unpaired) electrons. The Kier molecular flexibility index (Phi) is 45.5. The minimum Gasteiger partial charge on any atom is -0.480 e. The van der Waals surface area contributed by atoms with Crippen LogP contribution < -0.4 is 28.2 Å². The maximum atomic E-state index is 12.4. The summed E-state index contributed by atoms with van der Waals surface area (Å²) in [7, 11) is 5.78. The van der Waals surface area contributed by atoms with Gasteiger partial charge in [0.05, 0.1) is 42.9 Å². The number of carbonyl (C=O) groups excluding carboxylic acids is 3. The van der Waals surface area contributed by atoms with Crippen molar-refractivity contribution in [3.8, 4) is 0 Å². The number of halogens is 1. The molecule has 0 saturated carbocycles. The molecule has 0 spiro atoms. The van der Waals surface area contributed by atoms with Crippen LogP contribution in [0.15, 0.2) is 148 Å². The van der Waals surface area contributed by atoms with E-state index in [2.05, 4.69) is 45.9 Å². The molecule has 0 aromatic carbocycles. The average molecular weight is 1530 g/mol. The number of hydrogen-bond acceptors (Lipinski definition) is 21. The SMILES string of the molecule is C.C.C.C.C.CCOC(=O)c1ccc(C)nc1.Cc1ccc(/C=C/[N+](=O)[O-])cn1.Cc1ccc(C=O)cn1.Cc1ccc(CCCC(=O)Cn2cnc3c2c(=O)n(C)c(=O)n3C)cn1.Cc1ccc(CCN)cn1.Cc1ccc(CO)cn1.Cn1c(=O)c2c(ncn2CC(=O)O)n(C)c1=O.[2H]CI. The molecule has 0 atom stereocenters. The predicted octanol–water partition coefficient (Wildman–Crippen LogP) is 9.66. The van der Waals surface area contributed by atoms with Crippen LogP contribution in [0.5, 0.6) is 0 Å². The van der Waals surface area contributed by atoms with Gasteiger partial charge in [0.1, 0.15) is 6.54 Å². The highest BCUT2D eigenvalue weighted by Gasteiger charge is 2.17. The molecule has 0 aliphatic carbocycles. The van der Waals surface area contributed by atoms with Crippen molar-refractivity contribution in [2.45, 2.75) is 131 Å². The van der Waals surface area contributed by atoms with Gasteiger partial charge in [-0.1, -0.05) is 84.0 Å². The van der Waals surface area contributed by atoms with E-state index in [1.54, 1.807) is 62.9 Å². The van der Waals surface area contributed by atoms with Crippen molar-refractivity contribution in [1.82, 2.24) is 67.3 Å². The molecule has 554 valence electrons. The van der Waals surface area contributed by atoms with E-state index in [9.17, 15) is 48.5 Å². The van der Waals surface area contributed by atoms with Gasteiger partial charge in [0, 0.05) is 119 Å². The van der Waals surface area contributed by atoms with Crippen molar-refractivity contribution in [1.29, 1.82) is 0 Å². The van der Waals surface area contributed by atoms with Gasteiger partial charge in [-0.25, -0.2) is 24.4 Å². The van der Waals surface area contributed by atoms with Crippen molar-refractivity contribution in [3.05, 3.63) is 248 Å². The number of fused-ring (bicyclic) bond motifs is 2. The van der Waals surface area contributed by atoms with Gasteiger partial charge >= 0.3 is 23.3 Å². The van der Waals surface area contributed by atoms with Gasteiger partial charge in [-0.2, -0.15) is 0 Å². The molecule has 0 aliphatic heterocycles. The molecule has 0 bridgehead atoms. The number of nitrogens with two attached hydrogens (primary N) is 1. The van der Waals surface area contributed by atoms with Gasteiger partial charge in [0.2, 0.25) is 6.20 Å². The monoisotopic (exact) mass is 1530 g/mol. The van der Waals surface area contributed by atoms with E-state index in [1.807, 2.05) is 113 Å². The Morgan fingerprint density at radius 2 is 0.980 bits per heavy atom. The average Bonchev–Trinajstić information content (AvgIpc) is 1.66. The number of aryl methyl sites for hydroxylation is 9. The van der Waals surface area contributed by atoms with Crippen molar-refractivity contribution in [3.63, 3.8) is 0 Å². The first-order valence-electron chi connectivity index (χ1n) is 30.4. The van der Waals surface area contributed by atoms with Crippen LogP contribution in [0.25, 0.3) is 28.4 Å². The van der Waals surface area contributed by atoms with E-state index < -0.39 is 33.4 Å². The fourth-order valence-corrected chi connectivity index (χ4v) is 8.07. The number of hydrogen-bond donors (Lipinski definition) is 3. The molecule has 10 rings (SSSR count). The number of aromatic nitrogens is 14. The summed E-state index contributed by atoms with van der Waals surface area (Å²) in [6.45, 7) is 14.1. The van der Waals surface area contributed by atoms with E-state index >= 15 is 0 Å². The molecule has 10 aromatic rings. The quantitative estimate of drug-likeness (QED) is 0.0202. The molecule has 102 heavy (non-hydrogen) atoms. The third-order valence-corrected chi connectivity index (χ3v) is 13.4. The number of rotatable bonds is 16. The lowest BCUT2D eigenvalue weighted by Gasteiger charge is -2.06. The van der Waals surface area contributed by atoms with E-state index in [1.165, 1.54) is 69.9 Å². The Hall–Kier alpha value is -10.7. The van der Waals surface area contributed by atoms with Crippen LogP contribution in [0.3, 0.4) is 0 Å². The number of carbonyl (C=O) groups is 4. The number of pyridine rings is 6. The molecular formula is C72H101IN16O13. The second kappa shape index (κ2) is 49.7. The summed E-state index contributed by atoms with van der Waals surface area (Å²) >= 11 is 1.96. The highest BCUT2D eigenvalue weighted by atomic mass is 127. The number of nitrogens with zero attached hydrogens (tertiary/aromatic N) is 15. The Balaban J connectivity index is -0.00000116. The van der Waals surface area contributed by atoms with Gasteiger partial charge in [0.15, 0.2) is 34.4 Å². The highest BCUT2D eigenvalue weighted by molar-refractivity contribution is 14.1. The third-order valence-electron chi connectivity index (χ3n) is 13.4. The van der Waals surface area contributed by atoms with Crippen molar-refractivity contribution >= 4 is 75.0 Å². The second-order valence-electron chi connectivity index (χ2n) is 21.0.